The normalized spacial score (nSPS) is 10.3. The SMILES string of the molecule is COc1ccc(OC)c(C(=O)OOCC(C)C)c1. The molecule has 0 atom stereocenters. The minimum absolute atomic E-state index is 0.264. The molecule has 0 aliphatic heterocycles. The second-order valence-electron chi connectivity index (χ2n) is 4.12. The zero-order valence-corrected chi connectivity index (χ0v) is 11.1. The molecule has 0 aromatic heterocycles. The highest BCUT2D eigenvalue weighted by Gasteiger charge is 2.16. The summed E-state index contributed by atoms with van der Waals surface area (Å²) in [6.45, 7) is 4.26. The summed E-state index contributed by atoms with van der Waals surface area (Å²) < 4.78 is 10.1. The van der Waals surface area contributed by atoms with Crippen molar-refractivity contribution < 1.29 is 24.0 Å². The molecule has 1 rings (SSSR count). The monoisotopic (exact) mass is 254 g/mol. The summed E-state index contributed by atoms with van der Waals surface area (Å²) in [5, 5.41) is 0. The summed E-state index contributed by atoms with van der Waals surface area (Å²) in [4.78, 5) is 21.3. The highest BCUT2D eigenvalue weighted by atomic mass is 17.2. The lowest BCUT2D eigenvalue weighted by Crippen LogP contribution is -2.11. The quantitative estimate of drug-likeness (QED) is 0.576. The number of rotatable bonds is 6. The Morgan fingerprint density at radius 1 is 1.22 bits per heavy atom. The molecule has 0 N–H and O–H groups in total. The fourth-order valence-corrected chi connectivity index (χ4v) is 1.24. The summed E-state index contributed by atoms with van der Waals surface area (Å²) in [6.07, 6.45) is 0. The fourth-order valence-electron chi connectivity index (χ4n) is 1.24. The summed E-state index contributed by atoms with van der Waals surface area (Å²) in [6, 6.07) is 4.88. The average molecular weight is 254 g/mol. The number of carbonyl (C=O) groups excluding carboxylic acids is 1. The van der Waals surface area contributed by atoms with E-state index in [1.807, 2.05) is 13.8 Å². The van der Waals surface area contributed by atoms with Gasteiger partial charge in [0.25, 0.3) is 0 Å². The van der Waals surface area contributed by atoms with Crippen molar-refractivity contribution in [2.45, 2.75) is 13.8 Å². The molecule has 0 amide bonds. The molecule has 5 heteroatoms. The van der Waals surface area contributed by atoms with Gasteiger partial charge in [0.1, 0.15) is 17.1 Å². The van der Waals surface area contributed by atoms with Crippen LogP contribution in [0.5, 0.6) is 11.5 Å². The highest BCUT2D eigenvalue weighted by Crippen LogP contribution is 2.24. The summed E-state index contributed by atoms with van der Waals surface area (Å²) in [5.74, 6) is 0.636. The summed E-state index contributed by atoms with van der Waals surface area (Å²) in [7, 11) is 3.00. The van der Waals surface area contributed by atoms with Crippen LogP contribution in [0, 0.1) is 5.92 Å². The molecule has 0 saturated carbocycles. The molecule has 18 heavy (non-hydrogen) atoms. The first-order valence-corrected chi connectivity index (χ1v) is 5.64. The van der Waals surface area contributed by atoms with Gasteiger partial charge < -0.3 is 9.47 Å². The molecular weight excluding hydrogens is 236 g/mol. The van der Waals surface area contributed by atoms with E-state index in [0.717, 1.165) is 0 Å². The maximum absolute atomic E-state index is 11.8. The van der Waals surface area contributed by atoms with E-state index in [-0.39, 0.29) is 11.5 Å². The zero-order chi connectivity index (χ0) is 13.5. The zero-order valence-electron chi connectivity index (χ0n) is 11.1. The van der Waals surface area contributed by atoms with Crippen LogP contribution in [0.4, 0.5) is 0 Å². The Morgan fingerprint density at radius 2 is 1.94 bits per heavy atom. The number of hydrogen-bond acceptors (Lipinski definition) is 5. The van der Waals surface area contributed by atoms with Gasteiger partial charge in [0, 0.05) is 0 Å². The number of ether oxygens (including phenoxy) is 2. The third-order valence-electron chi connectivity index (χ3n) is 2.16. The van der Waals surface area contributed by atoms with E-state index in [0.29, 0.717) is 18.1 Å². The van der Waals surface area contributed by atoms with Crippen molar-refractivity contribution in [3.05, 3.63) is 23.8 Å². The third-order valence-corrected chi connectivity index (χ3v) is 2.16. The van der Waals surface area contributed by atoms with Crippen molar-refractivity contribution in [3.8, 4) is 11.5 Å². The largest absolute Gasteiger partial charge is 0.497 e. The predicted octanol–water partition coefficient (Wildman–Crippen LogP) is 2.45. The first-order valence-electron chi connectivity index (χ1n) is 5.64. The molecule has 0 heterocycles. The van der Waals surface area contributed by atoms with Crippen LogP contribution in [0.3, 0.4) is 0 Å². The standard InChI is InChI=1S/C13H18O5/c1-9(2)8-17-18-13(14)11-7-10(15-3)5-6-12(11)16-4/h5-7,9H,8H2,1-4H3. The topological polar surface area (TPSA) is 54.0 Å². The maximum atomic E-state index is 11.8. The first kappa shape index (κ1) is 14.3. The van der Waals surface area contributed by atoms with Crippen LogP contribution < -0.4 is 9.47 Å². The lowest BCUT2D eigenvalue weighted by molar-refractivity contribution is -0.247. The minimum Gasteiger partial charge on any atom is -0.497 e. The van der Waals surface area contributed by atoms with Crippen molar-refractivity contribution in [2.24, 2.45) is 5.92 Å². The van der Waals surface area contributed by atoms with Crippen LogP contribution >= 0.6 is 0 Å². The van der Waals surface area contributed by atoms with Gasteiger partial charge in [-0.05, 0) is 24.1 Å². The van der Waals surface area contributed by atoms with Crippen LogP contribution in [-0.2, 0) is 9.78 Å². The van der Waals surface area contributed by atoms with Crippen LogP contribution in [0.15, 0.2) is 18.2 Å². The smallest absolute Gasteiger partial charge is 0.376 e. The Kier molecular flexibility index (Phi) is 5.45. The van der Waals surface area contributed by atoms with Crippen LogP contribution in [0.1, 0.15) is 24.2 Å². The van der Waals surface area contributed by atoms with E-state index in [1.165, 1.54) is 14.2 Å². The minimum atomic E-state index is -0.605. The van der Waals surface area contributed by atoms with Crippen molar-refractivity contribution in [2.75, 3.05) is 20.8 Å². The lowest BCUT2D eigenvalue weighted by Gasteiger charge is -2.10. The number of carbonyl (C=O) groups is 1. The van der Waals surface area contributed by atoms with E-state index < -0.39 is 5.97 Å². The Morgan fingerprint density at radius 3 is 2.50 bits per heavy atom. The highest BCUT2D eigenvalue weighted by molar-refractivity contribution is 5.92. The van der Waals surface area contributed by atoms with Gasteiger partial charge in [-0.25, -0.2) is 4.79 Å². The van der Waals surface area contributed by atoms with Crippen molar-refractivity contribution in [3.63, 3.8) is 0 Å². The first-order chi connectivity index (χ1) is 8.58. The van der Waals surface area contributed by atoms with Gasteiger partial charge in [0.05, 0.1) is 20.8 Å². The van der Waals surface area contributed by atoms with E-state index in [4.69, 9.17) is 19.2 Å². The lowest BCUT2D eigenvalue weighted by atomic mass is 10.2. The van der Waals surface area contributed by atoms with Gasteiger partial charge in [-0.15, -0.1) is 0 Å². The van der Waals surface area contributed by atoms with E-state index >= 15 is 0 Å². The van der Waals surface area contributed by atoms with Crippen molar-refractivity contribution >= 4 is 5.97 Å². The molecule has 0 fully saturated rings. The summed E-state index contributed by atoms with van der Waals surface area (Å²) in [5.41, 5.74) is 0.264. The number of benzene rings is 1. The molecule has 0 aliphatic carbocycles. The Balaban J connectivity index is 2.76. The fraction of sp³-hybridized carbons (Fsp3) is 0.462. The van der Waals surface area contributed by atoms with Crippen LogP contribution in [0.2, 0.25) is 0 Å². The maximum Gasteiger partial charge on any atom is 0.376 e. The molecule has 0 saturated heterocycles. The molecule has 1 aromatic rings. The molecule has 0 unspecified atom stereocenters. The van der Waals surface area contributed by atoms with E-state index in [9.17, 15) is 4.79 Å². The molecule has 5 nitrogen and oxygen atoms in total. The van der Waals surface area contributed by atoms with Crippen LogP contribution in [0.25, 0.3) is 0 Å². The van der Waals surface area contributed by atoms with Crippen LogP contribution in [-0.4, -0.2) is 26.8 Å². The molecule has 100 valence electrons. The molecule has 0 bridgehead atoms. The van der Waals surface area contributed by atoms with E-state index in [1.54, 1.807) is 18.2 Å². The second-order valence-corrected chi connectivity index (χ2v) is 4.12. The van der Waals surface area contributed by atoms with Gasteiger partial charge in [-0.3, -0.25) is 4.89 Å². The second kappa shape index (κ2) is 6.86. The molecular formula is C13H18O5. The van der Waals surface area contributed by atoms with Gasteiger partial charge in [-0.2, -0.15) is 4.89 Å². The average Bonchev–Trinajstić information content (AvgIpc) is 2.37. The number of hydrogen-bond donors (Lipinski definition) is 0. The van der Waals surface area contributed by atoms with Crippen molar-refractivity contribution in [1.82, 2.24) is 0 Å². The number of methoxy groups -OCH3 is 2. The van der Waals surface area contributed by atoms with E-state index in [2.05, 4.69) is 0 Å². The van der Waals surface area contributed by atoms with Gasteiger partial charge >= 0.3 is 5.97 Å². The molecule has 0 radical (unpaired) electrons. The predicted molar refractivity (Wildman–Crippen MR) is 65.8 cm³/mol. The third kappa shape index (κ3) is 3.92. The van der Waals surface area contributed by atoms with Gasteiger partial charge in [0.15, 0.2) is 0 Å². The molecule has 0 spiro atoms. The molecule has 1 aromatic carbocycles. The summed E-state index contributed by atoms with van der Waals surface area (Å²) >= 11 is 0. The Labute approximate surface area is 107 Å². The van der Waals surface area contributed by atoms with Crippen molar-refractivity contribution in [1.29, 1.82) is 0 Å². The van der Waals surface area contributed by atoms with Gasteiger partial charge in [-0.1, -0.05) is 13.8 Å². The van der Waals surface area contributed by atoms with Gasteiger partial charge in [0.2, 0.25) is 0 Å². The molecule has 0 aliphatic rings. The Hall–Kier alpha value is -1.75. The Bertz CT molecular complexity index is 400.